The number of ether oxygens (including phenoxy) is 1. The molecule has 1 unspecified atom stereocenters. The Morgan fingerprint density at radius 3 is 2.76 bits per heavy atom. The number of rotatable bonds is 3. The first-order chi connectivity index (χ1) is 8.13. The Morgan fingerprint density at radius 1 is 1.41 bits per heavy atom. The van der Waals surface area contributed by atoms with Crippen LogP contribution in [0.2, 0.25) is 5.02 Å². The summed E-state index contributed by atoms with van der Waals surface area (Å²) in [6.07, 6.45) is 1.58. The molecule has 2 nitrogen and oxygen atoms in total. The van der Waals surface area contributed by atoms with E-state index in [1.165, 1.54) is 0 Å². The van der Waals surface area contributed by atoms with Gasteiger partial charge in [-0.3, -0.25) is 0 Å². The lowest BCUT2D eigenvalue weighted by Gasteiger charge is -2.14. The second-order valence-electron chi connectivity index (χ2n) is 3.39. The van der Waals surface area contributed by atoms with E-state index in [9.17, 15) is 0 Å². The molecule has 1 atom stereocenters. The van der Waals surface area contributed by atoms with E-state index in [-0.39, 0.29) is 0 Å². The molecule has 0 fully saturated rings. The lowest BCUT2D eigenvalue weighted by atomic mass is 10.1. The largest absolute Gasteiger partial charge is 0.495 e. The van der Waals surface area contributed by atoms with Crippen molar-refractivity contribution in [2.24, 2.45) is 0 Å². The van der Waals surface area contributed by atoms with E-state index >= 15 is 0 Å². The van der Waals surface area contributed by atoms with Gasteiger partial charge >= 0.3 is 0 Å². The molecule has 0 bridgehead atoms. The monoisotopic (exact) mass is 334 g/mol. The van der Waals surface area contributed by atoms with E-state index in [1.807, 2.05) is 6.07 Å². The summed E-state index contributed by atoms with van der Waals surface area (Å²) < 4.78 is 11.4. The maximum atomic E-state index is 6.35. The van der Waals surface area contributed by atoms with E-state index in [0.717, 1.165) is 10.0 Å². The molecule has 1 aromatic heterocycles. The zero-order valence-corrected chi connectivity index (χ0v) is 12.0. The molecular formula is C12H9BrCl2O2. The standard InChI is InChI=1S/C12H9BrCl2O2/c1-16-12-8(5-7(14)6-9(12)13)11(15)10-3-2-4-17-10/h2-6,11H,1H3. The van der Waals surface area contributed by atoms with Crippen LogP contribution in [0.15, 0.2) is 39.4 Å². The first-order valence-corrected chi connectivity index (χ1v) is 6.44. The van der Waals surface area contributed by atoms with Crippen LogP contribution >= 0.6 is 39.1 Å². The molecule has 90 valence electrons. The van der Waals surface area contributed by atoms with E-state index < -0.39 is 5.38 Å². The highest BCUT2D eigenvalue weighted by molar-refractivity contribution is 9.10. The second kappa shape index (κ2) is 5.34. The van der Waals surface area contributed by atoms with Gasteiger partial charge in [-0.15, -0.1) is 11.6 Å². The highest BCUT2D eigenvalue weighted by Crippen LogP contribution is 2.41. The first kappa shape index (κ1) is 12.8. The average Bonchev–Trinajstić information content (AvgIpc) is 2.80. The van der Waals surface area contributed by atoms with Crippen LogP contribution in [0.5, 0.6) is 5.75 Å². The molecule has 5 heteroatoms. The van der Waals surface area contributed by atoms with E-state index in [1.54, 1.807) is 31.6 Å². The van der Waals surface area contributed by atoms with Crippen LogP contribution < -0.4 is 4.74 Å². The molecule has 1 heterocycles. The summed E-state index contributed by atoms with van der Waals surface area (Å²) >= 11 is 15.7. The molecule has 0 spiro atoms. The number of hydrogen-bond donors (Lipinski definition) is 0. The summed E-state index contributed by atoms with van der Waals surface area (Å²) in [5.74, 6) is 1.31. The molecule has 2 rings (SSSR count). The number of halogens is 3. The lowest BCUT2D eigenvalue weighted by molar-refractivity contribution is 0.405. The van der Waals surface area contributed by atoms with Crippen LogP contribution in [-0.2, 0) is 0 Å². The van der Waals surface area contributed by atoms with E-state index in [4.69, 9.17) is 32.4 Å². The van der Waals surface area contributed by atoms with Crippen LogP contribution in [-0.4, -0.2) is 7.11 Å². The van der Waals surface area contributed by atoms with Gasteiger partial charge in [-0.25, -0.2) is 0 Å². The van der Waals surface area contributed by atoms with Crippen LogP contribution in [0.1, 0.15) is 16.7 Å². The van der Waals surface area contributed by atoms with Crippen molar-refractivity contribution in [3.63, 3.8) is 0 Å². The van der Waals surface area contributed by atoms with E-state index in [0.29, 0.717) is 16.5 Å². The minimum absolute atomic E-state index is 0.435. The van der Waals surface area contributed by atoms with Gasteiger partial charge in [-0.05, 0) is 40.2 Å². The number of methoxy groups -OCH3 is 1. The van der Waals surface area contributed by atoms with Gasteiger partial charge in [0, 0.05) is 10.6 Å². The fourth-order valence-electron chi connectivity index (χ4n) is 1.57. The first-order valence-electron chi connectivity index (χ1n) is 4.84. The molecule has 0 saturated carbocycles. The molecule has 17 heavy (non-hydrogen) atoms. The fourth-order valence-corrected chi connectivity index (χ4v) is 2.85. The molecule has 1 aromatic carbocycles. The van der Waals surface area contributed by atoms with Crippen molar-refractivity contribution in [3.8, 4) is 5.75 Å². The van der Waals surface area contributed by atoms with Gasteiger partial charge in [-0.2, -0.15) is 0 Å². The van der Waals surface area contributed by atoms with Gasteiger partial charge in [0.25, 0.3) is 0 Å². The summed E-state index contributed by atoms with van der Waals surface area (Å²) in [6.45, 7) is 0. The predicted molar refractivity (Wildman–Crippen MR) is 72.1 cm³/mol. The lowest BCUT2D eigenvalue weighted by Crippen LogP contribution is -1.97. The summed E-state index contributed by atoms with van der Waals surface area (Å²) in [5, 5.41) is 0.153. The molecular weight excluding hydrogens is 327 g/mol. The highest BCUT2D eigenvalue weighted by Gasteiger charge is 2.20. The predicted octanol–water partition coefficient (Wildman–Crippen LogP) is 5.03. The molecule has 0 radical (unpaired) electrons. The van der Waals surface area contributed by atoms with Crippen LogP contribution in [0.4, 0.5) is 0 Å². The zero-order chi connectivity index (χ0) is 12.4. The molecule has 0 amide bonds. The van der Waals surface area contributed by atoms with Crippen LogP contribution in [0, 0.1) is 0 Å². The Hall–Kier alpha value is -0.640. The Balaban J connectivity index is 2.50. The van der Waals surface area contributed by atoms with Crippen molar-refractivity contribution in [1.29, 1.82) is 0 Å². The molecule has 0 aliphatic rings. The molecule has 0 aliphatic heterocycles. The third-order valence-electron chi connectivity index (χ3n) is 2.31. The minimum Gasteiger partial charge on any atom is -0.495 e. The second-order valence-corrected chi connectivity index (χ2v) is 5.12. The Morgan fingerprint density at radius 2 is 2.18 bits per heavy atom. The quantitative estimate of drug-likeness (QED) is 0.734. The van der Waals surface area contributed by atoms with Crippen molar-refractivity contribution in [1.82, 2.24) is 0 Å². The van der Waals surface area contributed by atoms with Gasteiger partial charge in [0.05, 0.1) is 17.8 Å². The van der Waals surface area contributed by atoms with Crippen LogP contribution in [0.25, 0.3) is 0 Å². The van der Waals surface area contributed by atoms with Crippen molar-refractivity contribution >= 4 is 39.1 Å². The third kappa shape index (κ3) is 2.62. The third-order valence-corrected chi connectivity index (χ3v) is 3.56. The fraction of sp³-hybridized carbons (Fsp3) is 0.167. The summed E-state index contributed by atoms with van der Waals surface area (Å²) in [4.78, 5) is 0. The molecule has 0 saturated heterocycles. The normalized spacial score (nSPS) is 12.5. The maximum absolute atomic E-state index is 6.35. The Labute approximate surface area is 118 Å². The number of benzene rings is 1. The molecule has 0 aliphatic carbocycles. The van der Waals surface area contributed by atoms with Crippen molar-refractivity contribution in [3.05, 3.63) is 51.3 Å². The number of alkyl halides is 1. The van der Waals surface area contributed by atoms with Crippen molar-refractivity contribution < 1.29 is 9.15 Å². The van der Waals surface area contributed by atoms with Gasteiger partial charge in [0.1, 0.15) is 16.9 Å². The van der Waals surface area contributed by atoms with Gasteiger partial charge < -0.3 is 9.15 Å². The van der Waals surface area contributed by atoms with Crippen molar-refractivity contribution in [2.45, 2.75) is 5.38 Å². The summed E-state index contributed by atoms with van der Waals surface area (Å²) in [5.41, 5.74) is 0.767. The number of furan rings is 1. The highest BCUT2D eigenvalue weighted by atomic mass is 79.9. The maximum Gasteiger partial charge on any atom is 0.138 e. The Bertz CT molecular complexity index is 511. The molecule has 2 aromatic rings. The van der Waals surface area contributed by atoms with Gasteiger partial charge in [0.15, 0.2) is 0 Å². The molecule has 0 N–H and O–H groups in total. The topological polar surface area (TPSA) is 22.4 Å². The number of hydrogen-bond acceptors (Lipinski definition) is 2. The van der Waals surface area contributed by atoms with Crippen LogP contribution in [0.3, 0.4) is 0 Å². The van der Waals surface area contributed by atoms with E-state index in [2.05, 4.69) is 15.9 Å². The Kier molecular flexibility index (Phi) is 4.02. The van der Waals surface area contributed by atoms with Gasteiger partial charge in [-0.1, -0.05) is 11.6 Å². The van der Waals surface area contributed by atoms with Crippen molar-refractivity contribution in [2.75, 3.05) is 7.11 Å². The summed E-state index contributed by atoms with van der Waals surface area (Å²) in [6, 6.07) is 7.13. The smallest absolute Gasteiger partial charge is 0.138 e. The average molecular weight is 336 g/mol. The summed E-state index contributed by atoms with van der Waals surface area (Å²) in [7, 11) is 1.59. The SMILES string of the molecule is COc1c(Br)cc(Cl)cc1C(Cl)c1ccco1. The minimum atomic E-state index is -0.435. The zero-order valence-electron chi connectivity index (χ0n) is 8.91. The van der Waals surface area contributed by atoms with Gasteiger partial charge in [0.2, 0.25) is 0 Å².